The lowest BCUT2D eigenvalue weighted by Gasteiger charge is -2.12. The first-order chi connectivity index (χ1) is 6.20. The van der Waals surface area contributed by atoms with Gasteiger partial charge < -0.3 is 0 Å². The number of rotatable bonds is 4. The van der Waals surface area contributed by atoms with Crippen LogP contribution < -0.4 is 0 Å². The van der Waals surface area contributed by atoms with Gasteiger partial charge in [-0.1, -0.05) is 57.5 Å². The molecule has 0 spiro atoms. The first-order valence-electron chi connectivity index (χ1n) is 5.25. The van der Waals surface area contributed by atoms with Gasteiger partial charge >= 0.3 is 0 Å². The van der Waals surface area contributed by atoms with Crippen molar-refractivity contribution in [3.05, 3.63) is 35.9 Å². The summed E-state index contributed by atoms with van der Waals surface area (Å²) >= 11 is 0. The minimum Gasteiger partial charge on any atom is -0.0628 e. The van der Waals surface area contributed by atoms with Gasteiger partial charge in [-0.15, -0.1) is 0 Å². The van der Waals surface area contributed by atoms with E-state index in [4.69, 9.17) is 0 Å². The summed E-state index contributed by atoms with van der Waals surface area (Å²) in [5.41, 5.74) is 1.48. The highest BCUT2D eigenvalue weighted by molar-refractivity contribution is 5.18. The molecule has 0 fully saturated rings. The summed E-state index contributed by atoms with van der Waals surface area (Å²) in [6, 6.07) is 10.8. The maximum absolute atomic E-state index is 2.32. The van der Waals surface area contributed by atoms with Crippen LogP contribution in [-0.4, -0.2) is 0 Å². The molecule has 0 heterocycles. The second-order valence-electron chi connectivity index (χ2n) is 4.28. The molecule has 0 nitrogen and oxygen atoms in total. The Labute approximate surface area is 82.0 Å². The SMILES string of the molecule is CC(C)CCC(C)c1ccccc1. The van der Waals surface area contributed by atoms with E-state index in [0.29, 0.717) is 5.92 Å². The fourth-order valence-electron chi connectivity index (χ4n) is 1.53. The molecule has 13 heavy (non-hydrogen) atoms. The highest BCUT2D eigenvalue weighted by atomic mass is 14.1. The second kappa shape index (κ2) is 5.06. The van der Waals surface area contributed by atoms with E-state index in [-0.39, 0.29) is 0 Å². The highest BCUT2D eigenvalue weighted by Gasteiger charge is 2.05. The molecule has 0 bridgehead atoms. The Kier molecular flexibility index (Phi) is 4.01. The molecule has 1 aromatic rings. The molecule has 0 aliphatic heterocycles. The van der Waals surface area contributed by atoms with E-state index in [9.17, 15) is 0 Å². The monoisotopic (exact) mass is 176 g/mol. The second-order valence-corrected chi connectivity index (χ2v) is 4.28. The Hall–Kier alpha value is -0.780. The topological polar surface area (TPSA) is 0 Å². The molecule has 0 saturated carbocycles. The molecule has 0 saturated heterocycles. The molecule has 1 atom stereocenters. The smallest absolute Gasteiger partial charge is 0.0190 e. The zero-order valence-corrected chi connectivity index (χ0v) is 8.96. The lowest BCUT2D eigenvalue weighted by atomic mass is 9.93. The summed E-state index contributed by atoms with van der Waals surface area (Å²) in [6.07, 6.45) is 2.64. The van der Waals surface area contributed by atoms with Crippen molar-refractivity contribution in [1.29, 1.82) is 0 Å². The van der Waals surface area contributed by atoms with Gasteiger partial charge in [0.15, 0.2) is 0 Å². The van der Waals surface area contributed by atoms with Crippen molar-refractivity contribution < 1.29 is 0 Å². The van der Waals surface area contributed by atoms with Crippen molar-refractivity contribution in [3.63, 3.8) is 0 Å². The van der Waals surface area contributed by atoms with Gasteiger partial charge in [-0.3, -0.25) is 0 Å². The Balaban J connectivity index is 2.44. The van der Waals surface area contributed by atoms with Crippen LogP contribution in [0.3, 0.4) is 0 Å². The van der Waals surface area contributed by atoms with Gasteiger partial charge in [-0.2, -0.15) is 0 Å². The zero-order valence-electron chi connectivity index (χ0n) is 8.96. The van der Waals surface area contributed by atoms with E-state index >= 15 is 0 Å². The molecule has 1 unspecified atom stereocenters. The molecule has 0 N–H and O–H groups in total. The summed E-state index contributed by atoms with van der Waals surface area (Å²) in [7, 11) is 0. The van der Waals surface area contributed by atoms with Gasteiger partial charge in [0, 0.05) is 0 Å². The minimum atomic E-state index is 0.712. The molecule has 0 aliphatic carbocycles. The zero-order chi connectivity index (χ0) is 9.68. The Bertz CT molecular complexity index is 223. The molecule has 1 aromatic carbocycles. The van der Waals surface area contributed by atoms with Crippen molar-refractivity contribution >= 4 is 0 Å². The summed E-state index contributed by atoms with van der Waals surface area (Å²) in [5.74, 6) is 1.54. The summed E-state index contributed by atoms with van der Waals surface area (Å²) in [5, 5.41) is 0. The number of benzene rings is 1. The first-order valence-corrected chi connectivity index (χ1v) is 5.25. The molecule has 0 amide bonds. The molecule has 0 radical (unpaired) electrons. The van der Waals surface area contributed by atoms with Crippen LogP contribution in [-0.2, 0) is 0 Å². The van der Waals surface area contributed by atoms with Gasteiger partial charge in [-0.05, 0) is 23.8 Å². The van der Waals surface area contributed by atoms with Crippen molar-refractivity contribution in [3.8, 4) is 0 Å². The first kappa shape index (κ1) is 10.3. The average Bonchev–Trinajstić information content (AvgIpc) is 2.15. The average molecular weight is 176 g/mol. The van der Waals surface area contributed by atoms with Crippen LogP contribution in [0.25, 0.3) is 0 Å². The third-order valence-electron chi connectivity index (χ3n) is 2.55. The third kappa shape index (κ3) is 3.63. The van der Waals surface area contributed by atoms with Crippen molar-refractivity contribution in [2.24, 2.45) is 5.92 Å². The van der Waals surface area contributed by atoms with Crippen molar-refractivity contribution in [2.45, 2.75) is 39.5 Å². The van der Waals surface area contributed by atoms with Gasteiger partial charge in [0.05, 0.1) is 0 Å². The van der Waals surface area contributed by atoms with Crippen LogP contribution in [0.5, 0.6) is 0 Å². The Morgan fingerprint density at radius 2 is 1.54 bits per heavy atom. The lowest BCUT2D eigenvalue weighted by molar-refractivity contribution is 0.517. The quantitative estimate of drug-likeness (QED) is 0.644. The van der Waals surface area contributed by atoms with E-state index in [1.54, 1.807) is 0 Å². The molecular weight excluding hydrogens is 156 g/mol. The predicted octanol–water partition coefficient (Wildman–Crippen LogP) is 4.23. The van der Waals surface area contributed by atoms with Crippen LogP contribution in [0.1, 0.15) is 45.1 Å². The number of hydrogen-bond acceptors (Lipinski definition) is 0. The molecule has 1 rings (SSSR count). The fraction of sp³-hybridized carbons (Fsp3) is 0.538. The summed E-state index contributed by atoms with van der Waals surface area (Å²) in [6.45, 7) is 6.90. The van der Waals surface area contributed by atoms with Gasteiger partial charge in [-0.25, -0.2) is 0 Å². The molecule has 0 aromatic heterocycles. The summed E-state index contributed by atoms with van der Waals surface area (Å²) < 4.78 is 0. The van der Waals surface area contributed by atoms with Gasteiger partial charge in [0.1, 0.15) is 0 Å². The maximum Gasteiger partial charge on any atom is -0.0190 e. The fourth-order valence-corrected chi connectivity index (χ4v) is 1.53. The molecule has 0 heteroatoms. The van der Waals surface area contributed by atoms with Gasteiger partial charge in [0.25, 0.3) is 0 Å². The van der Waals surface area contributed by atoms with Crippen molar-refractivity contribution in [1.82, 2.24) is 0 Å². The lowest BCUT2D eigenvalue weighted by Crippen LogP contribution is -1.96. The van der Waals surface area contributed by atoms with Crippen LogP contribution >= 0.6 is 0 Å². The standard InChI is InChI=1S/C13H20/c1-11(2)9-10-12(3)13-7-5-4-6-8-13/h4-8,11-12H,9-10H2,1-3H3. The predicted molar refractivity (Wildman–Crippen MR) is 58.9 cm³/mol. The van der Waals surface area contributed by atoms with E-state index < -0.39 is 0 Å². The minimum absolute atomic E-state index is 0.712. The molecule has 72 valence electrons. The number of hydrogen-bond donors (Lipinski definition) is 0. The third-order valence-corrected chi connectivity index (χ3v) is 2.55. The largest absolute Gasteiger partial charge is 0.0628 e. The maximum atomic E-state index is 2.32. The normalized spacial score (nSPS) is 13.2. The van der Waals surface area contributed by atoms with Crippen molar-refractivity contribution in [2.75, 3.05) is 0 Å². The van der Waals surface area contributed by atoms with E-state index in [0.717, 1.165) is 5.92 Å². The van der Waals surface area contributed by atoms with Crippen LogP contribution in [0.15, 0.2) is 30.3 Å². The van der Waals surface area contributed by atoms with Crippen LogP contribution in [0, 0.1) is 5.92 Å². The van der Waals surface area contributed by atoms with E-state index in [2.05, 4.69) is 51.1 Å². The highest BCUT2D eigenvalue weighted by Crippen LogP contribution is 2.22. The van der Waals surface area contributed by atoms with E-state index in [1.165, 1.54) is 18.4 Å². The van der Waals surface area contributed by atoms with Crippen LogP contribution in [0.2, 0.25) is 0 Å². The van der Waals surface area contributed by atoms with E-state index in [1.807, 2.05) is 0 Å². The summed E-state index contributed by atoms with van der Waals surface area (Å²) in [4.78, 5) is 0. The van der Waals surface area contributed by atoms with Crippen LogP contribution in [0.4, 0.5) is 0 Å². The Morgan fingerprint density at radius 1 is 0.923 bits per heavy atom. The molecule has 0 aliphatic rings. The van der Waals surface area contributed by atoms with Gasteiger partial charge in [0.2, 0.25) is 0 Å². The molecular formula is C13H20. The Morgan fingerprint density at radius 3 is 2.08 bits per heavy atom.